The van der Waals surface area contributed by atoms with Crippen molar-refractivity contribution < 1.29 is 14.6 Å². The van der Waals surface area contributed by atoms with Crippen LogP contribution < -0.4 is 5.32 Å². The minimum atomic E-state index is -0.624. The molecule has 0 fully saturated rings. The second kappa shape index (κ2) is 8.07. The Morgan fingerprint density at radius 2 is 2.12 bits per heavy atom. The fourth-order valence-electron chi connectivity index (χ4n) is 1.85. The summed E-state index contributed by atoms with van der Waals surface area (Å²) in [4.78, 5) is 26.8. The average Bonchev–Trinajstić information content (AvgIpc) is 2.54. The van der Waals surface area contributed by atoms with E-state index in [0.29, 0.717) is 0 Å². The zero-order valence-corrected chi connectivity index (χ0v) is 13.5. The van der Waals surface area contributed by atoms with E-state index in [9.17, 15) is 14.9 Å². The smallest absolute Gasteiger partial charge is 0.289 e. The highest BCUT2D eigenvalue weighted by molar-refractivity contribution is 6.32. The largest absolute Gasteiger partial charge is 0.386 e. The summed E-state index contributed by atoms with van der Waals surface area (Å²) in [5, 5.41) is 17.0. The first-order valence-corrected chi connectivity index (χ1v) is 7.30. The van der Waals surface area contributed by atoms with Gasteiger partial charge in [0.15, 0.2) is 6.61 Å². The number of halogens is 1. The van der Waals surface area contributed by atoms with E-state index in [-0.39, 0.29) is 23.0 Å². The lowest BCUT2D eigenvalue weighted by Gasteiger charge is -2.05. The van der Waals surface area contributed by atoms with Crippen molar-refractivity contribution >= 4 is 35.1 Å². The van der Waals surface area contributed by atoms with Gasteiger partial charge in [0, 0.05) is 11.8 Å². The van der Waals surface area contributed by atoms with Crippen molar-refractivity contribution in [3.05, 3.63) is 68.7 Å². The molecule has 2 rings (SSSR count). The zero-order chi connectivity index (χ0) is 17.5. The van der Waals surface area contributed by atoms with E-state index in [1.54, 1.807) is 0 Å². The predicted octanol–water partition coefficient (Wildman–Crippen LogP) is 3.55. The SMILES string of the molecule is Cc1ccccc1/C=N\OCC(=O)Nc1ccc(Cl)c([N+](=O)[O-])c1. The second-order valence-electron chi connectivity index (χ2n) is 4.84. The standard InChI is InChI=1S/C16H14ClN3O4/c1-11-4-2-3-5-12(11)9-18-24-10-16(21)19-13-6-7-14(17)15(8-13)20(22)23/h2-9H,10H2,1H3,(H,19,21)/b18-9-. The summed E-state index contributed by atoms with van der Waals surface area (Å²) in [6.07, 6.45) is 1.51. The minimum Gasteiger partial charge on any atom is -0.386 e. The summed E-state index contributed by atoms with van der Waals surface area (Å²) in [6, 6.07) is 11.6. The Morgan fingerprint density at radius 3 is 2.83 bits per heavy atom. The third-order valence-corrected chi connectivity index (χ3v) is 3.40. The Kier molecular flexibility index (Phi) is 5.86. The maximum atomic E-state index is 11.7. The topological polar surface area (TPSA) is 93.8 Å². The van der Waals surface area contributed by atoms with Crippen LogP contribution in [0.3, 0.4) is 0 Å². The Bertz CT molecular complexity index is 793. The number of nitro groups is 1. The number of rotatable bonds is 6. The number of carbonyl (C=O) groups excluding carboxylic acids is 1. The Labute approximate surface area is 143 Å². The molecule has 0 aliphatic rings. The molecule has 2 aromatic carbocycles. The normalized spacial score (nSPS) is 10.6. The van der Waals surface area contributed by atoms with E-state index in [1.165, 1.54) is 24.4 Å². The van der Waals surface area contributed by atoms with Crippen molar-refractivity contribution in [1.82, 2.24) is 0 Å². The molecule has 0 unspecified atom stereocenters. The fourth-order valence-corrected chi connectivity index (χ4v) is 2.04. The number of nitrogens with one attached hydrogen (secondary N) is 1. The van der Waals surface area contributed by atoms with Crippen molar-refractivity contribution in [2.75, 3.05) is 11.9 Å². The number of hydrogen-bond donors (Lipinski definition) is 1. The Morgan fingerprint density at radius 1 is 1.38 bits per heavy atom. The van der Waals surface area contributed by atoms with Gasteiger partial charge in [0.25, 0.3) is 11.6 Å². The van der Waals surface area contributed by atoms with Crippen LogP contribution in [-0.4, -0.2) is 23.7 Å². The maximum Gasteiger partial charge on any atom is 0.289 e. The minimum absolute atomic E-state index is 0.00270. The second-order valence-corrected chi connectivity index (χ2v) is 5.24. The van der Waals surface area contributed by atoms with Crippen molar-refractivity contribution in [2.24, 2.45) is 5.16 Å². The first-order chi connectivity index (χ1) is 11.5. The van der Waals surface area contributed by atoms with Crippen molar-refractivity contribution in [3.63, 3.8) is 0 Å². The monoisotopic (exact) mass is 347 g/mol. The molecular weight excluding hydrogens is 334 g/mol. The van der Waals surface area contributed by atoms with Crippen LogP contribution in [0.2, 0.25) is 5.02 Å². The van der Waals surface area contributed by atoms with Gasteiger partial charge in [-0.25, -0.2) is 0 Å². The number of oxime groups is 1. The molecule has 0 heterocycles. The number of carbonyl (C=O) groups is 1. The molecule has 0 aliphatic heterocycles. The van der Waals surface area contributed by atoms with Gasteiger partial charge in [-0.1, -0.05) is 41.0 Å². The van der Waals surface area contributed by atoms with E-state index >= 15 is 0 Å². The lowest BCUT2D eigenvalue weighted by atomic mass is 10.1. The molecule has 1 amide bonds. The maximum absolute atomic E-state index is 11.7. The van der Waals surface area contributed by atoms with Gasteiger partial charge in [0.05, 0.1) is 11.1 Å². The molecule has 0 aromatic heterocycles. The Hall–Kier alpha value is -2.93. The van der Waals surface area contributed by atoms with Crippen LogP contribution in [0.1, 0.15) is 11.1 Å². The van der Waals surface area contributed by atoms with Gasteiger partial charge in [-0.3, -0.25) is 14.9 Å². The molecule has 1 N–H and O–H groups in total. The van der Waals surface area contributed by atoms with E-state index in [2.05, 4.69) is 10.5 Å². The number of hydrogen-bond acceptors (Lipinski definition) is 5. The van der Waals surface area contributed by atoms with Gasteiger partial charge in [0.2, 0.25) is 0 Å². The zero-order valence-electron chi connectivity index (χ0n) is 12.7. The van der Waals surface area contributed by atoms with Crippen LogP contribution in [-0.2, 0) is 9.63 Å². The molecule has 2 aromatic rings. The molecule has 0 saturated carbocycles. The van der Waals surface area contributed by atoms with Crippen LogP contribution in [0.5, 0.6) is 0 Å². The molecular formula is C16H14ClN3O4. The molecule has 0 bridgehead atoms. The number of anilines is 1. The van der Waals surface area contributed by atoms with Crippen LogP contribution in [0, 0.1) is 17.0 Å². The van der Waals surface area contributed by atoms with Gasteiger partial charge in [-0.15, -0.1) is 0 Å². The molecule has 0 radical (unpaired) electrons. The van der Waals surface area contributed by atoms with Gasteiger partial charge < -0.3 is 10.2 Å². The number of nitro benzene ring substituents is 1. The number of benzene rings is 2. The summed E-state index contributed by atoms with van der Waals surface area (Å²) in [6.45, 7) is 1.61. The molecule has 8 heteroatoms. The highest BCUT2D eigenvalue weighted by atomic mass is 35.5. The Balaban J connectivity index is 1.89. The molecule has 0 atom stereocenters. The van der Waals surface area contributed by atoms with Crippen molar-refractivity contribution in [2.45, 2.75) is 6.92 Å². The summed E-state index contributed by atoms with van der Waals surface area (Å²) in [7, 11) is 0. The summed E-state index contributed by atoms with van der Waals surface area (Å²) >= 11 is 5.70. The van der Waals surface area contributed by atoms with E-state index in [1.807, 2.05) is 31.2 Å². The molecule has 0 saturated heterocycles. The molecule has 124 valence electrons. The quantitative estimate of drug-likeness (QED) is 0.491. The van der Waals surface area contributed by atoms with Gasteiger partial charge in [-0.05, 0) is 30.2 Å². The molecule has 24 heavy (non-hydrogen) atoms. The third-order valence-electron chi connectivity index (χ3n) is 3.08. The summed E-state index contributed by atoms with van der Waals surface area (Å²) < 4.78 is 0. The average molecular weight is 348 g/mol. The van der Waals surface area contributed by atoms with Crippen LogP contribution in [0.4, 0.5) is 11.4 Å². The number of nitrogens with zero attached hydrogens (tertiary/aromatic N) is 2. The van der Waals surface area contributed by atoms with Gasteiger partial charge >= 0.3 is 0 Å². The van der Waals surface area contributed by atoms with Crippen LogP contribution >= 0.6 is 11.6 Å². The van der Waals surface area contributed by atoms with Crippen LogP contribution in [0.25, 0.3) is 0 Å². The molecule has 0 spiro atoms. The molecule has 7 nitrogen and oxygen atoms in total. The summed E-state index contributed by atoms with van der Waals surface area (Å²) in [5.74, 6) is -0.492. The fraction of sp³-hybridized carbons (Fsp3) is 0.125. The first-order valence-electron chi connectivity index (χ1n) is 6.92. The first kappa shape index (κ1) is 17.4. The molecule has 0 aliphatic carbocycles. The van der Waals surface area contributed by atoms with Crippen LogP contribution in [0.15, 0.2) is 47.6 Å². The summed E-state index contributed by atoms with van der Waals surface area (Å²) in [5.41, 5.74) is 1.88. The van der Waals surface area contributed by atoms with Gasteiger partial charge in [0.1, 0.15) is 5.02 Å². The highest BCUT2D eigenvalue weighted by Crippen LogP contribution is 2.27. The van der Waals surface area contributed by atoms with Crippen molar-refractivity contribution in [3.8, 4) is 0 Å². The van der Waals surface area contributed by atoms with E-state index in [0.717, 1.165) is 11.1 Å². The van der Waals surface area contributed by atoms with E-state index < -0.39 is 10.8 Å². The lowest BCUT2D eigenvalue weighted by molar-refractivity contribution is -0.384. The van der Waals surface area contributed by atoms with E-state index in [4.69, 9.17) is 16.4 Å². The number of aryl methyl sites for hydroxylation is 1. The lowest BCUT2D eigenvalue weighted by Crippen LogP contribution is -2.17. The van der Waals surface area contributed by atoms with Gasteiger partial charge in [-0.2, -0.15) is 0 Å². The predicted molar refractivity (Wildman–Crippen MR) is 91.5 cm³/mol. The van der Waals surface area contributed by atoms with Crippen molar-refractivity contribution in [1.29, 1.82) is 0 Å². The number of amides is 1. The highest BCUT2D eigenvalue weighted by Gasteiger charge is 2.13. The third kappa shape index (κ3) is 4.79.